The van der Waals surface area contributed by atoms with Crippen LogP contribution in [0.3, 0.4) is 0 Å². The fourth-order valence-corrected chi connectivity index (χ4v) is 3.04. The molecule has 4 nitrogen and oxygen atoms in total. The molecule has 1 aliphatic carbocycles. The van der Waals surface area contributed by atoms with E-state index in [4.69, 9.17) is 4.74 Å². The number of benzene rings is 1. The van der Waals surface area contributed by atoms with Crippen molar-refractivity contribution in [2.75, 3.05) is 6.61 Å². The molecule has 0 atom stereocenters. The van der Waals surface area contributed by atoms with Gasteiger partial charge in [0, 0.05) is 23.0 Å². The van der Waals surface area contributed by atoms with Gasteiger partial charge in [-0.15, -0.1) is 0 Å². The van der Waals surface area contributed by atoms with Crippen molar-refractivity contribution in [2.45, 2.75) is 39.7 Å². The molecule has 0 radical (unpaired) electrons. The summed E-state index contributed by atoms with van der Waals surface area (Å²) < 4.78 is 7.43. The molecule has 1 aromatic carbocycles. The van der Waals surface area contributed by atoms with Crippen molar-refractivity contribution in [2.24, 2.45) is 0 Å². The number of aromatic nitrogens is 1. The van der Waals surface area contributed by atoms with E-state index in [2.05, 4.69) is 4.57 Å². The normalized spacial score (nSPS) is 13.9. The zero-order chi connectivity index (χ0) is 16.6. The molecule has 2 aromatic rings. The molecular formula is C19H21NO3. The number of ketones is 1. The van der Waals surface area contributed by atoms with Gasteiger partial charge in [0.05, 0.1) is 5.56 Å². The highest BCUT2D eigenvalue weighted by molar-refractivity contribution is 6.00. The summed E-state index contributed by atoms with van der Waals surface area (Å²) in [5.41, 5.74) is 4.08. The van der Waals surface area contributed by atoms with Gasteiger partial charge in [-0.2, -0.15) is 0 Å². The summed E-state index contributed by atoms with van der Waals surface area (Å²) in [5.74, 6) is -0.598. The third kappa shape index (κ3) is 3.07. The van der Waals surface area contributed by atoms with E-state index in [1.807, 2.05) is 39.0 Å². The zero-order valence-corrected chi connectivity index (χ0v) is 13.8. The van der Waals surface area contributed by atoms with Crippen LogP contribution in [0, 0.1) is 20.8 Å². The van der Waals surface area contributed by atoms with E-state index >= 15 is 0 Å². The summed E-state index contributed by atoms with van der Waals surface area (Å²) >= 11 is 0. The third-order valence-corrected chi connectivity index (χ3v) is 4.40. The van der Waals surface area contributed by atoms with Crippen LogP contribution < -0.4 is 0 Å². The maximum absolute atomic E-state index is 12.4. The molecule has 120 valence electrons. The first-order valence-corrected chi connectivity index (χ1v) is 7.93. The molecule has 1 heterocycles. The van der Waals surface area contributed by atoms with Gasteiger partial charge in [0.25, 0.3) is 0 Å². The summed E-state index contributed by atoms with van der Waals surface area (Å²) in [6.45, 7) is 5.60. The molecule has 4 heteroatoms. The number of carbonyl (C=O) groups is 2. The molecule has 0 spiro atoms. The SMILES string of the molecule is Cc1ccccc1C(=O)OCC(=O)c1cc(C)n(C2CC2)c1C. The average Bonchev–Trinajstić information content (AvgIpc) is 3.30. The van der Waals surface area contributed by atoms with Crippen molar-refractivity contribution in [3.05, 3.63) is 58.4 Å². The minimum Gasteiger partial charge on any atom is -0.454 e. The number of hydrogen-bond donors (Lipinski definition) is 0. The van der Waals surface area contributed by atoms with Gasteiger partial charge in [0.1, 0.15) is 0 Å². The highest BCUT2D eigenvalue weighted by Crippen LogP contribution is 2.38. The molecule has 0 bridgehead atoms. The van der Waals surface area contributed by atoms with Crippen LogP contribution >= 0.6 is 0 Å². The lowest BCUT2D eigenvalue weighted by molar-refractivity contribution is 0.0473. The molecular weight excluding hydrogens is 290 g/mol. The predicted octanol–water partition coefficient (Wildman–Crippen LogP) is 3.79. The average molecular weight is 311 g/mol. The van der Waals surface area contributed by atoms with E-state index in [-0.39, 0.29) is 12.4 Å². The van der Waals surface area contributed by atoms with E-state index < -0.39 is 5.97 Å². The minimum absolute atomic E-state index is 0.146. The Kier molecular flexibility index (Phi) is 4.07. The van der Waals surface area contributed by atoms with E-state index in [9.17, 15) is 9.59 Å². The van der Waals surface area contributed by atoms with Gasteiger partial charge < -0.3 is 9.30 Å². The second-order valence-corrected chi connectivity index (χ2v) is 6.20. The quantitative estimate of drug-likeness (QED) is 0.623. The lowest BCUT2D eigenvalue weighted by Crippen LogP contribution is -2.15. The Hall–Kier alpha value is -2.36. The van der Waals surface area contributed by atoms with Crippen molar-refractivity contribution in [3.63, 3.8) is 0 Å². The fraction of sp³-hybridized carbons (Fsp3) is 0.368. The van der Waals surface area contributed by atoms with Crippen LogP contribution in [-0.4, -0.2) is 22.9 Å². The van der Waals surface area contributed by atoms with Gasteiger partial charge in [0.2, 0.25) is 5.78 Å². The summed E-state index contributed by atoms with van der Waals surface area (Å²) in [7, 11) is 0. The molecule has 1 aromatic heterocycles. The largest absolute Gasteiger partial charge is 0.454 e. The summed E-state index contributed by atoms with van der Waals surface area (Å²) in [6, 6.07) is 9.64. The van der Waals surface area contributed by atoms with Crippen LogP contribution in [-0.2, 0) is 4.74 Å². The smallest absolute Gasteiger partial charge is 0.338 e. The Balaban J connectivity index is 1.69. The molecule has 0 saturated heterocycles. The Morgan fingerprint density at radius 2 is 1.83 bits per heavy atom. The number of esters is 1. The standard InChI is InChI=1S/C19H21NO3/c1-12-6-4-5-7-16(12)19(22)23-11-18(21)17-10-13(2)20(14(17)3)15-8-9-15/h4-7,10,15H,8-9,11H2,1-3H3. The van der Waals surface area contributed by atoms with Crippen molar-refractivity contribution >= 4 is 11.8 Å². The van der Waals surface area contributed by atoms with Crippen LogP contribution in [0.2, 0.25) is 0 Å². The summed E-state index contributed by atoms with van der Waals surface area (Å²) in [4.78, 5) is 24.5. The third-order valence-electron chi connectivity index (χ3n) is 4.40. The molecule has 3 rings (SSSR count). The van der Waals surface area contributed by atoms with Gasteiger partial charge in [-0.1, -0.05) is 18.2 Å². The Labute approximate surface area is 136 Å². The van der Waals surface area contributed by atoms with Crippen molar-refractivity contribution in [1.82, 2.24) is 4.57 Å². The number of ether oxygens (including phenoxy) is 1. The van der Waals surface area contributed by atoms with Gasteiger partial charge in [-0.25, -0.2) is 4.79 Å². The van der Waals surface area contributed by atoms with Crippen LogP contribution in [0.1, 0.15) is 56.6 Å². The fourth-order valence-electron chi connectivity index (χ4n) is 3.04. The lowest BCUT2D eigenvalue weighted by atomic mass is 10.1. The van der Waals surface area contributed by atoms with E-state index in [1.165, 1.54) is 12.8 Å². The van der Waals surface area contributed by atoms with Gasteiger partial charge in [0.15, 0.2) is 6.61 Å². The molecule has 1 saturated carbocycles. The maximum Gasteiger partial charge on any atom is 0.338 e. The van der Waals surface area contributed by atoms with Gasteiger partial charge in [-0.3, -0.25) is 4.79 Å². The van der Waals surface area contributed by atoms with Gasteiger partial charge in [-0.05, 0) is 51.3 Å². The van der Waals surface area contributed by atoms with Crippen LogP contribution in [0.15, 0.2) is 30.3 Å². The Morgan fingerprint density at radius 1 is 1.13 bits per heavy atom. The Morgan fingerprint density at radius 3 is 2.48 bits per heavy atom. The number of aryl methyl sites for hydroxylation is 2. The number of rotatable bonds is 5. The maximum atomic E-state index is 12.4. The van der Waals surface area contributed by atoms with Crippen LogP contribution in [0.25, 0.3) is 0 Å². The molecule has 0 amide bonds. The number of Topliss-reactive ketones (excluding diaryl/α,β-unsaturated/α-hetero) is 1. The summed E-state index contributed by atoms with van der Waals surface area (Å²) in [6.07, 6.45) is 2.35. The number of carbonyl (C=O) groups excluding carboxylic acids is 2. The molecule has 0 aliphatic heterocycles. The minimum atomic E-state index is -0.451. The molecule has 23 heavy (non-hydrogen) atoms. The highest BCUT2D eigenvalue weighted by atomic mass is 16.5. The van der Waals surface area contributed by atoms with Crippen molar-refractivity contribution in [3.8, 4) is 0 Å². The second kappa shape index (κ2) is 6.03. The van der Waals surface area contributed by atoms with Crippen molar-refractivity contribution < 1.29 is 14.3 Å². The van der Waals surface area contributed by atoms with E-state index in [1.54, 1.807) is 12.1 Å². The summed E-state index contributed by atoms with van der Waals surface area (Å²) in [5, 5.41) is 0. The van der Waals surface area contributed by atoms with Gasteiger partial charge >= 0.3 is 5.97 Å². The van der Waals surface area contributed by atoms with E-state index in [0.29, 0.717) is 17.2 Å². The monoisotopic (exact) mass is 311 g/mol. The topological polar surface area (TPSA) is 48.3 Å². The van der Waals surface area contributed by atoms with Crippen LogP contribution in [0.4, 0.5) is 0 Å². The van der Waals surface area contributed by atoms with Crippen LogP contribution in [0.5, 0.6) is 0 Å². The number of hydrogen-bond acceptors (Lipinski definition) is 3. The zero-order valence-electron chi connectivity index (χ0n) is 13.8. The molecule has 1 aliphatic rings. The van der Waals surface area contributed by atoms with E-state index in [0.717, 1.165) is 17.0 Å². The van der Waals surface area contributed by atoms with Crippen molar-refractivity contribution in [1.29, 1.82) is 0 Å². The predicted molar refractivity (Wildman–Crippen MR) is 88.0 cm³/mol. The molecule has 0 N–H and O–H groups in total. The second-order valence-electron chi connectivity index (χ2n) is 6.20. The molecule has 1 fully saturated rings. The first-order valence-electron chi connectivity index (χ1n) is 7.93. The molecule has 0 unspecified atom stereocenters. The lowest BCUT2D eigenvalue weighted by Gasteiger charge is -2.08. The first-order chi connectivity index (χ1) is 11.0. The first kappa shape index (κ1) is 15.5. The highest BCUT2D eigenvalue weighted by Gasteiger charge is 2.28. The Bertz CT molecular complexity index is 769. The number of nitrogens with zero attached hydrogens (tertiary/aromatic N) is 1.